The van der Waals surface area contributed by atoms with Crippen LogP contribution in [0.15, 0.2) is 11.6 Å². The fourth-order valence-electron chi connectivity index (χ4n) is 2.08. The monoisotopic (exact) mass is 211 g/mol. The van der Waals surface area contributed by atoms with Gasteiger partial charge < -0.3 is 10.0 Å². The molecule has 0 spiro atoms. The summed E-state index contributed by atoms with van der Waals surface area (Å²) in [5.74, 6) is 0.0931. The third-order valence-electron chi connectivity index (χ3n) is 2.95. The second-order valence-electron chi connectivity index (χ2n) is 4.13. The van der Waals surface area contributed by atoms with Crippen molar-refractivity contribution in [3.8, 4) is 0 Å². The van der Waals surface area contributed by atoms with Crippen LogP contribution < -0.4 is 0 Å². The van der Waals surface area contributed by atoms with Crippen LogP contribution in [0.25, 0.3) is 0 Å². The molecule has 1 rings (SSSR count). The number of hydrogen-bond donors (Lipinski definition) is 1. The number of hydrogen-bond acceptors (Lipinski definition) is 2. The Bertz CT molecular complexity index is 248. The van der Waals surface area contributed by atoms with Gasteiger partial charge in [0.15, 0.2) is 0 Å². The predicted octanol–water partition coefficient (Wildman–Crippen LogP) is 1.72. The van der Waals surface area contributed by atoms with Crippen LogP contribution in [0.1, 0.15) is 39.5 Å². The van der Waals surface area contributed by atoms with Gasteiger partial charge in [0.2, 0.25) is 5.91 Å². The molecule has 15 heavy (non-hydrogen) atoms. The van der Waals surface area contributed by atoms with E-state index in [1.165, 1.54) is 0 Å². The number of likely N-dealkylation sites (tertiary alicyclic amines) is 1. The highest BCUT2D eigenvalue weighted by Gasteiger charge is 2.26. The molecular weight excluding hydrogens is 190 g/mol. The first-order valence-electron chi connectivity index (χ1n) is 5.79. The van der Waals surface area contributed by atoms with E-state index in [4.69, 9.17) is 0 Å². The van der Waals surface area contributed by atoms with E-state index in [2.05, 4.69) is 0 Å². The molecular formula is C12H21NO2. The van der Waals surface area contributed by atoms with Crippen LogP contribution in [0.3, 0.4) is 0 Å². The molecule has 0 saturated carbocycles. The second-order valence-corrected chi connectivity index (χ2v) is 4.13. The van der Waals surface area contributed by atoms with E-state index in [1.807, 2.05) is 24.8 Å². The Labute approximate surface area is 91.8 Å². The van der Waals surface area contributed by atoms with Gasteiger partial charge in [-0.05, 0) is 32.6 Å². The summed E-state index contributed by atoms with van der Waals surface area (Å²) in [5.41, 5.74) is 0.804. The zero-order chi connectivity index (χ0) is 11.3. The van der Waals surface area contributed by atoms with E-state index < -0.39 is 0 Å². The first-order chi connectivity index (χ1) is 7.20. The average molecular weight is 211 g/mol. The zero-order valence-electron chi connectivity index (χ0n) is 9.70. The van der Waals surface area contributed by atoms with Crippen molar-refractivity contribution in [2.45, 2.75) is 45.6 Å². The van der Waals surface area contributed by atoms with Crippen molar-refractivity contribution < 1.29 is 9.90 Å². The number of allylic oxidation sites excluding steroid dienone is 1. The quantitative estimate of drug-likeness (QED) is 0.722. The molecule has 1 unspecified atom stereocenters. The van der Waals surface area contributed by atoms with Gasteiger partial charge in [-0.3, -0.25) is 4.79 Å². The molecule has 1 amide bonds. The average Bonchev–Trinajstić information content (AvgIpc) is 2.28. The lowest BCUT2D eigenvalue weighted by atomic mass is 10.0. The van der Waals surface area contributed by atoms with E-state index in [1.54, 1.807) is 0 Å². The molecule has 1 aliphatic heterocycles. The number of rotatable bonds is 3. The molecule has 1 N–H and O–H groups in total. The lowest BCUT2D eigenvalue weighted by molar-refractivity contribution is -0.131. The maximum absolute atomic E-state index is 12.0. The molecule has 0 aliphatic carbocycles. The molecule has 86 valence electrons. The lowest BCUT2D eigenvalue weighted by Crippen LogP contribution is -2.45. The molecule has 1 atom stereocenters. The summed E-state index contributed by atoms with van der Waals surface area (Å²) < 4.78 is 0. The van der Waals surface area contributed by atoms with E-state index in [0.29, 0.717) is 0 Å². The Kier molecular flexibility index (Phi) is 4.82. The minimum absolute atomic E-state index is 0.0338. The molecule has 3 nitrogen and oxygen atoms in total. The molecule has 1 heterocycles. The van der Waals surface area contributed by atoms with Crippen molar-refractivity contribution in [1.82, 2.24) is 4.90 Å². The van der Waals surface area contributed by atoms with Gasteiger partial charge in [0, 0.05) is 12.1 Å². The van der Waals surface area contributed by atoms with Crippen LogP contribution >= 0.6 is 0 Å². The molecule has 0 aromatic carbocycles. The molecule has 3 heteroatoms. The number of aliphatic hydroxyl groups is 1. The van der Waals surface area contributed by atoms with Crippen LogP contribution in [0, 0.1) is 0 Å². The van der Waals surface area contributed by atoms with Gasteiger partial charge in [-0.2, -0.15) is 0 Å². The summed E-state index contributed by atoms with van der Waals surface area (Å²) in [6, 6.07) is 0.0338. The van der Waals surface area contributed by atoms with Crippen LogP contribution in [0.5, 0.6) is 0 Å². The number of carbonyl (C=O) groups is 1. The smallest absolute Gasteiger partial charge is 0.249 e. The SMILES string of the molecule is CC/C=C(\C)C(=O)N1CCCCC1CO. The Morgan fingerprint density at radius 3 is 2.87 bits per heavy atom. The van der Waals surface area contributed by atoms with Crippen LogP contribution in [0.2, 0.25) is 0 Å². The third kappa shape index (κ3) is 3.06. The number of amides is 1. The Morgan fingerprint density at radius 2 is 2.27 bits per heavy atom. The molecule has 1 aliphatic rings. The summed E-state index contributed by atoms with van der Waals surface area (Å²) in [5, 5.41) is 9.21. The Hall–Kier alpha value is -0.830. The van der Waals surface area contributed by atoms with E-state index in [0.717, 1.165) is 37.8 Å². The molecule has 0 aromatic rings. The van der Waals surface area contributed by atoms with Crippen molar-refractivity contribution in [3.05, 3.63) is 11.6 Å². The van der Waals surface area contributed by atoms with Crippen molar-refractivity contribution in [2.24, 2.45) is 0 Å². The minimum Gasteiger partial charge on any atom is -0.394 e. The molecule has 0 radical (unpaired) electrons. The number of aliphatic hydroxyl groups excluding tert-OH is 1. The maximum atomic E-state index is 12.0. The van der Waals surface area contributed by atoms with Gasteiger partial charge in [-0.25, -0.2) is 0 Å². The molecule has 1 saturated heterocycles. The Morgan fingerprint density at radius 1 is 1.53 bits per heavy atom. The minimum atomic E-state index is 0.0338. The normalized spacial score (nSPS) is 23.0. The maximum Gasteiger partial charge on any atom is 0.249 e. The fraction of sp³-hybridized carbons (Fsp3) is 0.750. The number of nitrogens with zero attached hydrogens (tertiary/aromatic N) is 1. The molecule has 0 bridgehead atoms. The summed E-state index contributed by atoms with van der Waals surface area (Å²) >= 11 is 0. The second kappa shape index (κ2) is 5.91. The zero-order valence-corrected chi connectivity index (χ0v) is 9.70. The standard InChI is InChI=1S/C12H21NO2/c1-3-6-10(2)12(15)13-8-5-4-7-11(13)9-14/h6,11,14H,3-5,7-9H2,1-2H3/b10-6+. The lowest BCUT2D eigenvalue weighted by Gasteiger charge is -2.34. The molecule has 1 fully saturated rings. The van der Waals surface area contributed by atoms with Crippen molar-refractivity contribution in [3.63, 3.8) is 0 Å². The van der Waals surface area contributed by atoms with Gasteiger partial charge in [-0.15, -0.1) is 0 Å². The summed E-state index contributed by atoms with van der Waals surface area (Å²) in [7, 11) is 0. The van der Waals surface area contributed by atoms with Crippen molar-refractivity contribution in [1.29, 1.82) is 0 Å². The van der Waals surface area contributed by atoms with E-state index in [-0.39, 0.29) is 18.6 Å². The Balaban J connectivity index is 2.67. The largest absolute Gasteiger partial charge is 0.394 e. The van der Waals surface area contributed by atoms with E-state index in [9.17, 15) is 9.90 Å². The highest BCUT2D eigenvalue weighted by Crippen LogP contribution is 2.18. The van der Waals surface area contributed by atoms with Crippen molar-refractivity contribution >= 4 is 5.91 Å². The van der Waals surface area contributed by atoms with E-state index >= 15 is 0 Å². The summed E-state index contributed by atoms with van der Waals surface area (Å²) in [4.78, 5) is 13.8. The van der Waals surface area contributed by atoms with Crippen molar-refractivity contribution in [2.75, 3.05) is 13.2 Å². The highest BCUT2D eigenvalue weighted by atomic mass is 16.3. The summed E-state index contributed by atoms with van der Waals surface area (Å²) in [6.07, 6.45) is 5.94. The van der Waals surface area contributed by atoms with Crippen LogP contribution in [0.4, 0.5) is 0 Å². The van der Waals surface area contributed by atoms with Crippen LogP contribution in [-0.4, -0.2) is 35.1 Å². The fourth-order valence-corrected chi connectivity index (χ4v) is 2.08. The van der Waals surface area contributed by atoms with Gasteiger partial charge in [-0.1, -0.05) is 13.0 Å². The number of carbonyl (C=O) groups excluding carboxylic acids is 1. The van der Waals surface area contributed by atoms with Gasteiger partial charge in [0.1, 0.15) is 0 Å². The third-order valence-corrected chi connectivity index (χ3v) is 2.95. The van der Waals surface area contributed by atoms with Gasteiger partial charge in [0.05, 0.1) is 12.6 Å². The van der Waals surface area contributed by atoms with Crippen LogP contribution in [-0.2, 0) is 4.79 Å². The van der Waals surface area contributed by atoms with Gasteiger partial charge >= 0.3 is 0 Å². The topological polar surface area (TPSA) is 40.5 Å². The highest BCUT2D eigenvalue weighted by molar-refractivity contribution is 5.93. The molecule has 0 aromatic heterocycles. The number of piperidine rings is 1. The first kappa shape index (κ1) is 12.2. The summed E-state index contributed by atoms with van der Waals surface area (Å²) in [6.45, 7) is 4.76. The first-order valence-corrected chi connectivity index (χ1v) is 5.79. The predicted molar refractivity (Wildman–Crippen MR) is 60.5 cm³/mol. The van der Waals surface area contributed by atoms with Gasteiger partial charge in [0.25, 0.3) is 0 Å².